The number of rotatable bonds is 5. The summed E-state index contributed by atoms with van der Waals surface area (Å²) in [5, 5.41) is 10.7. The molecule has 5 rings (SSSR count). The maximum absolute atomic E-state index is 10.7. The van der Waals surface area contributed by atoms with Gasteiger partial charge in [-0.3, -0.25) is 4.90 Å². The van der Waals surface area contributed by atoms with Gasteiger partial charge in [0.15, 0.2) is 0 Å². The SMILES string of the molecule is COc1ccc([C@H]2[C@@H](c3ccccc3)[C@@H]3C[C@H](O)C[C@H]2N3Cc2ccccc2)cc1. The summed E-state index contributed by atoms with van der Waals surface area (Å²) in [6.07, 6.45) is 1.42. The molecule has 0 amide bonds. The largest absolute Gasteiger partial charge is 0.497 e. The van der Waals surface area contributed by atoms with Gasteiger partial charge in [0.25, 0.3) is 0 Å². The van der Waals surface area contributed by atoms with Crippen LogP contribution in [0.15, 0.2) is 84.9 Å². The Bertz CT molecular complexity index is 957. The van der Waals surface area contributed by atoms with Gasteiger partial charge in [-0.1, -0.05) is 72.8 Å². The van der Waals surface area contributed by atoms with Crippen molar-refractivity contribution in [1.29, 1.82) is 0 Å². The molecule has 0 radical (unpaired) electrons. The Morgan fingerprint density at radius 2 is 1.30 bits per heavy atom. The molecular formula is C27H29NO2. The van der Waals surface area contributed by atoms with Crippen LogP contribution >= 0.6 is 0 Å². The van der Waals surface area contributed by atoms with Crippen molar-refractivity contribution in [2.24, 2.45) is 0 Å². The molecule has 30 heavy (non-hydrogen) atoms. The Morgan fingerprint density at radius 3 is 1.87 bits per heavy atom. The highest BCUT2D eigenvalue weighted by molar-refractivity contribution is 5.38. The molecule has 5 atom stereocenters. The number of ether oxygens (including phenoxy) is 1. The maximum Gasteiger partial charge on any atom is 0.118 e. The van der Waals surface area contributed by atoms with Crippen LogP contribution in [0, 0.1) is 0 Å². The van der Waals surface area contributed by atoms with Crippen molar-refractivity contribution < 1.29 is 9.84 Å². The first-order valence-corrected chi connectivity index (χ1v) is 10.9. The number of aliphatic hydroxyl groups excluding tert-OH is 1. The van der Waals surface area contributed by atoms with Crippen LogP contribution < -0.4 is 4.74 Å². The van der Waals surface area contributed by atoms with Gasteiger partial charge in [0.05, 0.1) is 13.2 Å². The molecule has 2 aliphatic heterocycles. The summed E-state index contributed by atoms with van der Waals surface area (Å²) in [6.45, 7) is 0.929. The lowest BCUT2D eigenvalue weighted by Gasteiger charge is -2.38. The molecule has 0 unspecified atom stereocenters. The summed E-state index contributed by atoms with van der Waals surface area (Å²) >= 11 is 0. The first-order valence-electron chi connectivity index (χ1n) is 10.9. The maximum atomic E-state index is 10.7. The molecule has 2 saturated heterocycles. The topological polar surface area (TPSA) is 32.7 Å². The molecule has 2 aliphatic rings. The molecule has 0 saturated carbocycles. The molecule has 2 heterocycles. The van der Waals surface area contributed by atoms with Crippen molar-refractivity contribution in [1.82, 2.24) is 4.90 Å². The Hall–Kier alpha value is -2.62. The van der Waals surface area contributed by atoms with Crippen LogP contribution in [-0.2, 0) is 6.54 Å². The van der Waals surface area contributed by atoms with Crippen molar-refractivity contribution >= 4 is 0 Å². The fraction of sp³-hybridized carbons (Fsp3) is 0.333. The van der Waals surface area contributed by atoms with Gasteiger partial charge in [-0.15, -0.1) is 0 Å². The van der Waals surface area contributed by atoms with Crippen molar-refractivity contribution in [3.8, 4) is 5.75 Å². The summed E-state index contributed by atoms with van der Waals surface area (Å²) in [5.74, 6) is 1.60. The van der Waals surface area contributed by atoms with Gasteiger partial charge >= 0.3 is 0 Å². The number of methoxy groups -OCH3 is 1. The summed E-state index contributed by atoms with van der Waals surface area (Å²) in [4.78, 5) is 2.66. The van der Waals surface area contributed by atoms with Gasteiger partial charge < -0.3 is 9.84 Å². The number of aliphatic hydroxyl groups is 1. The first-order chi connectivity index (χ1) is 14.7. The van der Waals surface area contributed by atoms with Gasteiger partial charge in [-0.25, -0.2) is 0 Å². The van der Waals surface area contributed by atoms with E-state index < -0.39 is 0 Å². The van der Waals surface area contributed by atoms with Crippen LogP contribution in [0.1, 0.15) is 41.4 Å². The van der Waals surface area contributed by atoms with Gasteiger partial charge in [0.2, 0.25) is 0 Å². The first kappa shape index (κ1) is 19.3. The highest BCUT2D eigenvalue weighted by Crippen LogP contribution is 2.54. The third kappa shape index (κ3) is 3.53. The van der Waals surface area contributed by atoms with E-state index in [9.17, 15) is 5.11 Å². The highest BCUT2D eigenvalue weighted by Gasteiger charge is 2.53. The normalized spacial score (nSPS) is 28.4. The number of nitrogens with zero attached hydrogens (tertiary/aromatic N) is 1. The van der Waals surface area contributed by atoms with E-state index in [0.29, 0.717) is 23.9 Å². The fourth-order valence-corrected chi connectivity index (χ4v) is 5.74. The standard InChI is InChI=1S/C27H29NO2/c1-30-23-14-12-21(13-15-23)27-25-17-22(29)16-24(26(27)20-10-6-3-7-11-20)28(25)18-19-8-4-2-5-9-19/h2-15,22,24-27,29H,16-18H2,1H3/t22-,24-,25+,26-,27+/m0/s1. The lowest BCUT2D eigenvalue weighted by atomic mass is 9.78. The molecule has 1 N–H and O–H groups in total. The monoisotopic (exact) mass is 399 g/mol. The summed E-state index contributed by atoms with van der Waals surface area (Å²) in [6, 6.07) is 30.8. The Balaban J connectivity index is 1.58. The van der Waals surface area contributed by atoms with Crippen molar-refractivity contribution in [2.45, 2.75) is 49.4 Å². The lowest BCUT2D eigenvalue weighted by molar-refractivity contribution is 0.0269. The van der Waals surface area contributed by atoms with Crippen LogP contribution in [0.3, 0.4) is 0 Å². The second kappa shape index (κ2) is 8.25. The van der Waals surface area contributed by atoms with Gasteiger partial charge in [0.1, 0.15) is 5.75 Å². The predicted molar refractivity (Wildman–Crippen MR) is 120 cm³/mol. The molecule has 3 nitrogen and oxygen atoms in total. The highest BCUT2D eigenvalue weighted by atomic mass is 16.5. The van der Waals surface area contributed by atoms with E-state index in [1.54, 1.807) is 7.11 Å². The second-order valence-corrected chi connectivity index (χ2v) is 8.65. The van der Waals surface area contributed by atoms with Gasteiger partial charge in [-0.05, 0) is 41.7 Å². The molecule has 2 bridgehead atoms. The Kier molecular flexibility index (Phi) is 5.32. The lowest BCUT2D eigenvalue weighted by Crippen LogP contribution is -2.45. The summed E-state index contributed by atoms with van der Waals surface area (Å²) in [5.41, 5.74) is 4.05. The van der Waals surface area contributed by atoms with Crippen LogP contribution in [0.25, 0.3) is 0 Å². The average molecular weight is 400 g/mol. The molecule has 2 fully saturated rings. The number of piperidine rings is 1. The van der Waals surface area contributed by atoms with Crippen molar-refractivity contribution in [3.63, 3.8) is 0 Å². The van der Waals surface area contributed by atoms with E-state index in [0.717, 1.165) is 25.1 Å². The molecular weight excluding hydrogens is 370 g/mol. The molecule has 0 aromatic heterocycles. The predicted octanol–water partition coefficient (Wildman–Crippen LogP) is 4.97. The van der Waals surface area contributed by atoms with E-state index in [2.05, 4.69) is 89.8 Å². The van der Waals surface area contributed by atoms with Crippen LogP contribution in [-0.4, -0.2) is 35.3 Å². The molecule has 3 aromatic carbocycles. The fourth-order valence-electron chi connectivity index (χ4n) is 5.74. The average Bonchev–Trinajstić information content (AvgIpc) is 2.97. The third-order valence-corrected chi connectivity index (χ3v) is 6.99. The van der Waals surface area contributed by atoms with Crippen LogP contribution in [0.4, 0.5) is 0 Å². The minimum atomic E-state index is -0.235. The minimum absolute atomic E-state index is 0.235. The second-order valence-electron chi connectivity index (χ2n) is 8.65. The smallest absolute Gasteiger partial charge is 0.118 e. The third-order valence-electron chi connectivity index (χ3n) is 6.99. The van der Waals surface area contributed by atoms with Crippen LogP contribution in [0.2, 0.25) is 0 Å². The zero-order chi connectivity index (χ0) is 20.5. The molecule has 3 heteroatoms. The van der Waals surface area contributed by atoms with Crippen molar-refractivity contribution in [3.05, 3.63) is 102 Å². The van der Waals surface area contributed by atoms with E-state index >= 15 is 0 Å². The molecule has 3 aromatic rings. The van der Waals surface area contributed by atoms with Gasteiger partial charge in [0, 0.05) is 30.5 Å². The molecule has 0 aliphatic carbocycles. The number of fused-ring (bicyclic) bond motifs is 2. The van der Waals surface area contributed by atoms with E-state index in [1.165, 1.54) is 16.7 Å². The Labute approximate surface area is 178 Å². The zero-order valence-corrected chi connectivity index (χ0v) is 17.4. The summed E-state index contributed by atoms with van der Waals surface area (Å²) in [7, 11) is 1.71. The van der Waals surface area contributed by atoms with Gasteiger partial charge in [-0.2, -0.15) is 0 Å². The molecule has 0 spiro atoms. The number of hydrogen-bond donors (Lipinski definition) is 1. The minimum Gasteiger partial charge on any atom is -0.497 e. The number of hydrogen-bond acceptors (Lipinski definition) is 3. The van der Waals surface area contributed by atoms with Crippen LogP contribution in [0.5, 0.6) is 5.75 Å². The number of benzene rings is 3. The summed E-state index contributed by atoms with van der Waals surface area (Å²) < 4.78 is 5.40. The van der Waals surface area contributed by atoms with E-state index in [4.69, 9.17) is 4.74 Å². The quantitative estimate of drug-likeness (QED) is 0.657. The van der Waals surface area contributed by atoms with E-state index in [-0.39, 0.29) is 6.10 Å². The molecule has 154 valence electrons. The Morgan fingerprint density at radius 1 is 0.767 bits per heavy atom. The van der Waals surface area contributed by atoms with Crippen molar-refractivity contribution in [2.75, 3.05) is 7.11 Å². The van der Waals surface area contributed by atoms with E-state index in [1.807, 2.05) is 0 Å². The zero-order valence-electron chi connectivity index (χ0n) is 17.4.